The molecular weight excluding hydrogens is 238 g/mol. The van der Waals surface area contributed by atoms with Crippen molar-refractivity contribution in [1.82, 2.24) is 9.80 Å². The lowest BCUT2D eigenvalue weighted by atomic mass is 10.2. The molecule has 0 aliphatic carbocycles. The van der Waals surface area contributed by atoms with Crippen LogP contribution in [-0.4, -0.2) is 41.9 Å². The van der Waals surface area contributed by atoms with Crippen molar-refractivity contribution in [2.45, 2.75) is 27.3 Å². The Morgan fingerprint density at radius 3 is 2.37 bits per heavy atom. The summed E-state index contributed by atoms with van der Waals surface area (Å²) >= 11 is 0. The third-order valence-corrected chi connectivity index (χ3v) is 3.28. The predicted octanol–water partition coefficient (Wildman–Crippen LogP) is 1.96. The lowest BCUT2D eigenvalue weighted by Gasteiger charge is -2.25. The van der Waals surface area contributed by atoms with Crippen molar-refractivity contribution in [2.75, 3.05) is 31.9 Å². The predicted molar refractivity (Wildman–Crippen MR) is 79.7 cm³/mol. The SMILES string of the molecule is CCN(CC(=O)N(CC)CC)Cc1cccc(N)c1. The number of anilines is 1. The number of carbonyl (C=O) groups is 1. The van der Waals surface area contributed by atoms with Crippen LogP contribution >= 0.6 is 0 Å². The minimum absolute atomic E-state index is 0.191. The van der Waals surface area contributed by atoms with E-state index in [1.165, 1.54) is 0 Å². The van der Waals surface area contributed by atoms with Crippen molar-refractivity contribution < 1.29 is 4.79 Å². The zero-order chi connectivity index (χ0) is 14.3. The van der Waals surface area contributed by atoms with Crippen molar-refractivity contribution in [2.24, 2.45) is 0 Å². The van der Waals surface area contributed by atoms with Crippen LogP contribution in [0.5, 0.6) is 0 Å². The highest BCUT2D eigenvalue weighted by Crippen LogP contribution is 2.09. The Bertz CT molecular complexity index is 402. The second kappa shape index (κ2) is 7.79. The molecule has 2 N–H and O–H groups in total. The van der Waals surface area contributed by atoms with Gasteiger partial charge in [0.15, 0.2) is 0 Å². The summed E-state index contributed by atoms with van der Waals surface area (Å²) < 4.78 is 0. The topological polar surface area (TPSA) is 49.6 Å². The van der Waals surface area contributed by atoms with Gasteiger partial charge in [0, 0.05) is 25.3 Å². The fourth-order valence-electron chi connectivity index (χ4n) is 2.10. The molecule has 0 unspecified atom stereocenters. The second-order valence-corrected chi connectivity index (χ2v) is 4.61. The monoisotopic (exact) mass is 263 g/mol. The average molecular weight is 263 g/mol. The summed E-state index contributed by atoms with van der Waals surface area (Å²) in [5.74, 6) is 0.191. The van der Waals surface area contributed by atoms with E-state index in [4.69, 9.17) is 5.73 Å². The lowest BCUT2D eigenvalue weighted by molar-refractivity contribution is -0.132. The van der Waals surface area contributed by atoms with Gasteiger partial charge in [-0.2, -0.15) is 0 Å². The molecule has 0 saturated carbocycles. The van der Waals surface area contributed by atoms with Crippen molar-refractivity contribution in [3.05, 3.63) is 29.8 Å². The molecule has 0 atom stereocenters. The van der Waals surface area contributed by atoms with Crippen LogP contribution in [0.1, 0.15) is 26.3 Å². The van der Waals surface area contributed by atoms with Gasteiger partial charge in [-0.25, -0.2) is 0 Å². The van der Waals surface area contributed by atoms with E-state index in [1.807, 2.05) is 43.0 Å². The largest absolute Gasteiger partial charge is 0.399 e. The van der Waals surface area contributed by atoms with E-state index in [0.717, 1.165) is 37.4 Å². The number of rotatable bonds is 7. The lowest BCUT2D eigenvalue weighted by Crippen LogP contribution is -2.39. The van der Waals surface area contributed by atoms with E-state index < -0.39 is 0 Å². The number of hydrogen-bond acceptors (Lipinski definition) is 3. The molecule has 106 valence electrons. The Morgan fingerprint density at radius 1 is 1.16 bits per heavy atom. The quantitative estimate of drug-likeness (QED) is 0.765. The molecule has 0 spiro atoms. The fourth-order valence-corrected chi connectivity index (χ4v) is 2.10. The van der Waals surface area contributed by atoms with Gasteiger partial charge in [0.05, 0.1) is 6.54 Å². The third kappa shape index (κ3) is 4.91. The third-order valence-electron chi connectivity index (χ3n) is 3.28. The van der Waals surface area contributed by atoms with Crippen LogP contribution in [0.2, 0.25) is 0 Å². The van der Waals surface area contributed by atoms with Crippen LogP contribution in [-0.2, 0) is 11.3 Å². The van der Waals surface area contributed by atoms with Crippen LogP contribution in [0.3, 0.4) is 0 Å². The zero-order valence-electron chi connectivity index (χ0n) is 12.2. The average Bonchev–Trinajstić information content (AvgIpc) is 2.39. The summed E-state index contributed by atoms with van der Waals surface area (Å²) in [5.41, 5.74) is 7.69. The normalized spacial score (nSPS) is 10.7. The summed E-state index contributed by atoms with van der Waals surface area (Å²) in [4.78, 5) is 16.1. The van der Waals surface area contributed by atoms with Crippen molar-refractivity contribution in [3.63, 3.8) is 0 Å². The van der Waals surface area contributed by atoms with E-state index in [-0.39, 0.29) is 5.91 Å². The summed E-state index contributed by atoms with van der Waals surface area (Å²) in [6.07, 6.45) is 0. The maximum atomic E-state index is 12.1. The Balaban J connectivity index is 2.61. The highest BCUT2D eigenvalue weighted by Gasteiger charge is 2.14. The molecule has 1 rings (SSSR count). The van der Waals surface area contributed by atoms with Crippen LogP contribution < -0.4 is 5.73 Å². The molecule has 0 bridgehead atoms. The number of carbonyl (C=O) groups excluding carboxylic acids is 1. The molecule has 19 heavy (non-hydrogen) atoms. The van der Waals surface area contributed by atoms with Gasteiger partial charge >= 0.3 is 0 Å². The number of likely N-dealkylation sites (N-methyl/N-ethyl adjacent to an activating group) is 2. The summed E-state index contributed by atoms with van der Waals surface area (Å²) in [6.45, 7) is 9.70. The highest BCUT2D eigenvalue weighted by atomic mass is 16.2. The minimum Gasteiger partial charge on any atom is -0.399 e. The van der Waals surface area contributed by atoms with E-state index in [2.05, 4.69) is 11.8 Å². The summed E-state index contributed by atoms with van der Waals surface area (Å²) in [5, 5.41) is 0. The number of nitrogens with zero attached hydrogens (tertiary/aromatic N) is 2. The molecule has 1 aromatic rings. The first kappa shape index (κ1) is 15.5. The first-order chi connectivity index (χ1) is 9.10. The van der Waals surface area contributed by atoms with Crippen LogP contribution in [0.4, 0.5) is 5.69 Å². The van der Waals surface area contributed by atoms with Crippen molar-refractivity contribution >= 4 is 11.6 Å². The first-order valence-electron chi connectivity index (χ1n) is 6.95. The molecule has 0 radical (unpaired) electrons. The van der Waals surface area contributed by atoms with Gasteiger partial charge in [-0.3, -0.25) is 9.69 Å². The molecule has 1 amide bonds. The summed E-state index contributed by atoms with van der Waals surface area (Å²) in [7, 11) is 0. The molecule has 0 aliphatic rings. The molecular formula is C15H25N3O. The molecule has 4 heteroatoms. The van der Waals surface area contributed by atoms with Gasteiger partial charge in [-0.1, -0.05) is 19.1 Å². The Labute approximate surface area is 116 Å². The van der Waals surface area contributed by atoms with Gasteiger partial charge in [0.25, 0.3) is 0 Å². The van der Waals surface area contributed by atoms with Crippen LogP contribution in [0.25, 0.3) is 0 Å². The van der Waals surface area contributed by atoms with E-state index >= 15 is 0 Å². The van der Waals surface area contributed by atoms with Gasteiger partial charge < -0.3 is 10.6 Å². The molecule has 0 fully saturated rings. The number of nitrogen functional groups attached to an aromatic ring is 1. The number of hydrogen-bond donors (Lipinski definition) is 1. The maximum absolute atomic E-state index is 12.1. The zero-order valence-corrected chi connectivity index (χ0v) is 12.2. The van der Waals surface area contributed by atoms with Crippen molar-refractivity contribution in [3.8, 4) is 0 Å². The number of benzene rings is 1. The molecule has 0 heterocycles. The Hall–Kier alpha value is -1.55. The second-order valence-electron chi connectivity index (χ2n) is 4.61. The molecule has 1 aromatic carbocycles. The Kier molecular flexibility index (Phi) is 6.36. The molecule has 0 aliphatic heterocycles. The number of amides is 1. The highest BCUT2D eigenvalue weighted by molar-refractivity contribution is 5.78. The fraction of sp³-hybridized carbons (Fsp3) is 0.533. The standard InChI is InChI=1S/C15H25N3O/c1-4-17(12-15(19)18(5-2)6-3)11-13-8-7-9-14(16)10-13/h7-10H,4-6,11-12,16H2,1-3H3. The first-order valence-corrected chi connectivity index (χ1v) is 6.95. The van der Waals surface area contributed by atoms with Gasteiger partial charge in [0.2, 0.25) is 5.91 Å². The minimum atomic E-state index is 0.191. The molecule has 0 aromatic heterocycles. The van der Waals surface area contributed by atoms with Gasteiger partial charge in [0.1, 0.15) is 0 Å². The van der Waals surface area contributed by atoms with Gasteiger partial charge in [-0.15, -0.1) is 0 Å². The van der Waals surface area contributed by atoms with E-state index in [1.54, 1.807) is 0 Å². The van der Waals surface area contributed by atoms with E-state index in [9.17, 15) is 4.79 Å². The van der Waals surface area contributed by atoms with Gasteiger partial charge in [-0.05, 0) is 38.1 Å². The summed E-state index contributed by atoms with van der Waals surface area (Å²) in [6, 6.07) is 7.83. The smallest absolute Gasteiger partial charge is 0.236 e. The maximum Gasteiger partial charge on any atom is 0.236 e. The Morgan fingerprint density at radius 2 is 1.84 bits per heavy atom. The van der Waals surface area contributed by atoms with E-state index in [0.29, 0.717) is 6.54 Å². The number of nitrogens with two attached hydrogens (primary N) is 1. The van der Waals surface area contributed by atoms with Crippen molar-refractivity contribution in [1.29, 1.82) is 0 Å². The molecule has 4 nitrogen and oxygen atoms in total. The van der Waals surface area contributed by atoms with Crippen LogP contribution in [0, 0.1) is 0 Å². The van der Waals surface area contributed by atoms with Crippen LogP contribution in [0.15, 0.2) is 24.3 Å². The molecule has 0 saturated heterocycles.